The van der Waals surface area contributed by atoms with Crippen LogP contribution in [0.25, 0.3) is 0 Å². The van der Waals surface area contributed by atoms with Gasteiger partial charge in [0.25, 0.3) is 5.91 Å². The molecule has 2 amide bonds. The van der Waals surface area contributed by atoms with E-state index in [0.29, 0.717) is 18.0 Å². The highest BCUT2D eigenvalue weighted by Gasteiger charge is 2.16. The average Bonchev–Trinajstić information content (AvgIpc) is 3.07. The van der Waals surface area contributed by atoms with Crippen molar-refractivity contribution in [1.82, 2.24) is 10.6 Å². The third kappa shape index (κ3) is 5.41. The third-order valence-electron chi connectivity index (χ3n) is 3.18. The van der Waals surface area contributed by atoms with Crippen LogP contribution < -0.4 is 15.4 Å². The highest BCUT2D eigenvalue weighted by molar-refractivity contribution is 7.12. The molecule has 1 aromatic carbocycles. The van der Waals surface area contributed by atoms with E-state index in [-0.39, 0.29) is 11.8 Å². The highest BCUT2D eigenvalue weighted by atomic mass is 32.1. The van der Waals surface area contributed by atoms with Gasteiger partial charge in [-0.25, -0.2) is 0 Å². The second-order valence-electron chi connectivity index (χ2n) is 5.12. The van der Waals surface area contributed by atoms with Crippen LogP contribution in [0.1, 0.15) is 22.2 Å². The smallest absolute Gasteiger partial charge is 0.261 e. The molecular formula is C17H20N2O3S. The van der Waals surface area contributed by atoms with E-state index >= 15 is 0 Å². The minimum Gasteiger partial charge on any atom is -0.492 e. The molecule has 6 heteroatoms. The quantitative estimate of drug-likeness (QED) is 0.765. The fourth-order valence-electron chi connectivity index (χ4n) is 1.87. The Morgan fingerprint density at radius 3 is 2.61 bits per heavy atom. The number of benzene rings is 1. The SMILES string of the molecule is Cc1ccc(OCCNC(=O)C(C)NC(=O)c2cccs2)cc1. The van der Waals surface area contributed by atoms with Gasteiger partial charge in [0.15, 0.2) is 0 Å². The average molecular weight is 332 g/mol. The predicted octanol–water partition coefficient (Wildman–Crippen LogP) is 2.37. The van der Waals surface area contributed by atoms with Crippen molar-refractivity contribution < 1.29 is 14.3 Å². The summed E-state index contributed by atoms with van der Waals surface area (Å²) in [6.07, 6.45) is 0. The molecule has 0 aliphatic rings. The Labute approximate surface area is 139 Å². The van der Waals surface area contributed by atoms with Gasteiger partial charge in [0.2, 0.25) is 5.91 Å². The van der Waals surface area contributed by atoms with E-state index in [1.165, 1.54) is 16.9 Å². The van der Waals surface area contributed by atoms with Crippen molar-refractivity contribution in [2.24, 2.45) is 0 Å². The van der Waals surface area contributed by atoms with Gasteiger partial charge in [-0.15, -0.1) is 11.3 Å². The maximum Gasteiger partial charge on any atom is 0.261 e. The number of hydrogen-bond acceptors (Lipinski definition) is 4. The number of thiophene rings is 1. The molecule has 1 heterocycles. The lowest BCUT2D eigenvalue weighted by Gasteiger charge is -2.14. The molecule has 0 radical (unpaired) electrons. The van der Waals surface area contributed by atoms with Crippen molar-refractivity contribution in [3.63, 3.8) is 0 Å². The number of amides is 2. The maximum absolute atomic E-state index is 11.9. The van der Waals surface area contributed by atoms with Crippen LogP contribution in [0, 0.1) is 6.92 Å². The predicted molar refractivity (Wildman–Crippen MR) is 90.9 cm³/mol. The molecule has 1 atom stereocenters. The molecule has 0 aliphatic heterocycles. The standard InChI is InChI=1S/C17H20N2O3S/c1-12-5-7-14(8-6-12)22-10-9-18-16(20)13(2)19-17(21)15-4-3-11-23-15/h3-8,11,13H,9-10H2,1-2H3,(H,18,20)(H,19,21). The number of rotatable bonds is 7. The van der Waals surface area contributed by atoms with E-state index in [9.17, 15) is 9.59 Å². The summed E-state index contributed by atoms with van der Waals surface area (Å²) in [5.74, 6) is 0.296. The summed E-state index contributed by atoms with van der Waals surface area (Å²) in [6, 6.07) is 10.6. The van der Waals surface area contributed by atoms with Gasteiger partial charge in [0.05, 0.1) is 11.4 Å². The molecule has 2 N–H and O–H groups in total. The molecular weight excluding hydrogens is 312 g/mol. The minimum absolute atomic E-state index is 0.234. The highest BCUT2D eigenvalue weighted by Crippen LogP contribution is 2.11. The molecule has 1 unspecified atom stereocenters. The summed E-state index contributed by atoms with van der Waals surface area (Å²) in [6.45, 7) is 4.42. The second-order valence-corrected chi connectivity index (χ2v) is 6.07. The van der Waals surface area contributed by atoms with Crippen LogP contribution in [-0.2, 0) is 4.79 Å². The van der Waals surface area contributed by atoms with Crippen LogP contribution in [0.15, 0.2) is 41.8 Å². The van der Waals surface area contributed by atoms with Crippen molar-refractivity contribution in [2.45, 2.75) is 19.9 Å². The first-order valence-electron chi connectivity index (χ1n) is 7.38. The molecule has 0 saturated heterocycles. The fraction of sp³-hybridized carbons (Fsp3) is 0.294. The molecule has 23 heavy (non-hydrogen) atoms. The molecule has 122 valence electrons. The number of aryl methyl sites for hydroxylation is 1. The first-order chi connectivity index (χ1) is 11.1. The van der Waals surface area contributed by atoms with Gasteiger partial charge in [0, 0.05) is 0 Å². The van der Waals surface area contributed by atoms with E-state index in [0.717, 1.165) is 5.75 Å². The lowest BCUT2D eigenvalue weighted by molar-refractivity contribution is -0.122. The van der Waals surface area contributed by atoms with Crippen LogP contribution in [0.3, 0.4) is 0 Å². The van der Waals surface area contributed by atoms with Crippen LogP contribution in [0.4, 0.5) is 0 Å². The first kappa shape index (κ1) is 17.0. The number of hydrogen-bond donors (Lipinski definition) is 2. The molecule has 0 bridgehead atoms. The summed E-state index contributed by atoms with van der Waals surface area (Å²) in [4.78, 5) is 24.4. The summed E-state index contributed by atoms with van der Waals surface area (Å²) in [7, 11) is 0. The molecule has 0 saturated carbocycles. The van der Waals surface area contributed by atoms with E-state index < -0.39 is 6.04 Å². The molecule has 0 spiro atoms. The normalized spacial score (nSPS) is 11.6. The second kappa shape index (κ2) is 8.33. The van der Waals surface area contributed by atoms with Crippen molar-refractivity contribution in [3.05, 3.63) is 52.2 Å². The van der Waals surface area contributed by atoms with Crippen LogP contribution in [0.2, 0.25) is 0 Å². The van der Waals surface area contributed by atoms with Crippen molar-refractivity contribution in [2.75, 3.05) is 13.2 Å². The van der Waals surface area contributed by atoms with Gasteiger partial charge >= 0.3 is 0 Å². The Kier molecular flexibility index (Phi) is 6.17. The van der Waals surface area contributed by atoms with Gasteiger partial charge in [-0.05, 0) is 37.4 Å². The summed E-state index contributed by atoms with van der Waals surface area (Å²) in [5, 5.41) is 7.23. The number of ether oxygens (including phenoxy) is 1. The van der Waals surface area contributed by atoms with Gasteiger partial charge in [-0.1, -0.05) is 23.8 Å². The molecule has 2 aromatic rings. The Hall–Kier alpha value is -2.34. The van der Waals surface area contributed by atoms with Crippen molar-refractivity contribution in [1.29, 1.82) is 0 Å². The third-order valence-corrected chi connectivity index (χ3v) is 4.05. The van der Waals surface area contributed by atoms with Gasteiger partial charge in [-0.3, -0.25) is 9.59 Å². The zero-order chi connectivity index (χ0) is 16.7. The van der Waals surface area contributed by atoms with Gasteiger partial charge in [-0.2, -0.15) is 0 Å². The number of carbonyl (C=O) groups excluding carboxylic acids is 2. The van der Waals surface area contributed by atoms with E-state index in [2.05, 4.69) is 10.6 Å². The Balaban J connectivity index is 1.67. The number of carbonyl (C=O) groups is 2. The van der Waals surface area contributed by atoms with Crippen LogP contribution >= 0.6 is 11.3 Å². The Bertz CT molecular complexity index is 638. The monoisotopic (exact) mass is 332 g/mol. The molecule has 0 aliphatic carbocycles. The van der Waals surface area contributed by atoms with Crippen molar-refractivity contribution in [3.8, 4) is 5.75 Å². The summed E-state index contributed by atoms with van der Waals surface area (Å²) in [5.41, 5.74) is 1.17. The fourth-order valence-corrected chi connectivity index (χ4v) is 2.50. The molecule has 0 fully saturated rings. The minimum atomic E-state index is -0.594. The zero-order valence-corrected chi connectivity index (χ0v) is 14.0. The van der Waals surface area contributed by atoms with E-state index in [1.807, 2.05) is 36.6 Å². The summed E-state index contributed by atoms with van der Waals surface area (Å²) >= 11 is 1.34. The molecule has 1 aromatic heterocycles. The van der Waals surface area contributed by atoms with Crippen molar-refractivity contribution >= 4 is 23.2 Å². The Morgan fingerprint density at radius 1 is 1.22 bits per heavy atom. The lowest BCUT2D eigenvalue weighted by Crippen LogP contribution is -2.45. The number of nitrogens with one attached hydrogen (secondary N) is 2. The zero-order valence-electron chi connectivity index (χ0n) is 13.2. The first-order valence-corrected chi connectivity index (χ1v) is 8.26. The topological polar surface area (TPSA) is 67.4 Å². The largest absolute Gasteiger partial charge is 0.492 e. The lowest BCUT2D eigenvalue weighted by atomic mass is 10.2. The van der Waals surface area contributed by atoms with E-state index in [4.69, 9.17) is 4.74 Å². The molecule has 5 nitrogen and oxygen atoms in total. The molecule has 2 rings (SSSR count). The van der Waals surface area contributed by atoms with Gasteiger partial charge < -0.3 is 15.4 Å². The van der Waals surface area contributed by atoms with Crippen LogP contribution in [-0.4, -0.2) is 31.0 Å². The van der Waals surface area contributed by atoms with Gasteiger partial charge in [0.1, 0.15) is 18.4 Å². The van der Waals surface area contributed by atoms with Crippen LogP contribution in [0.5, 0.6) is 5.75 Å². The van der Waals surface area contributed by atoms with E-state index in [1.54, 1.807) is 19.1 Å². The summed E-state index contributed by atoms with van der Waals surface area (Å²) < 4.78 is 5.53. The Morgan fingerprint density at radius 2 is 1.96 bits per heavy atom. The maximum atomic E-state index is 11.9.